The topological polar surface area (TPSA) is 130 Å². The summed E-state index contributed by atoms with van der Waals surface area (Å²) in [7, 11) is -3.93. The predicted octanol–water partition coefficient (Wildman–Crippen LogP) is 3.90. The van der Waals surface area contributed by atoms with E-state index in [9.17, 15) is 24.2 Å². The third kappa shape index (κ3) is 10.4. The number of amides is 1. The van der Waals surface area contributed by atoms with Gasteiger partial charge >= 0.3 is 13.6 Å². The van der Waals surface area contributed by atoms with Crippen LogP contribution in [0.1, 0.15) is 90.4 Å². The highest BCUT2D eigenvalue weighted by Crippen LogP contribution is 2.45. The minimum Gasteiger partial charge on any atom is -0.480 e. The zero-order valence-electron chi connectivity index (χ0n) is 18.5. The van der Waals surface area contributed by atoms with E-state index in [1.54, 1.807) is 0 Å². The Balaban J connectivity index is 2.55. The van der Waals surface area contributed by atoms with Gasteiger partial charge in [0.05, 0.1) is 6.16 Å². The average molecular weight is 449 g/mol. The molecule has 1 aliphatic heterocycles. The highest BCUT2D eigenvalue weighted by Gasteiger charge is 2.39. The summed E-state index contributed by atoms with van der Waals surface area (Å²) in [5.41, 5.74) is 5.52. The number of nitrogens with zero attached hydrogens (tertiary/aromatic N) is 1. The minimum atomic E-state index is -3.93. The Labute approximate surface area is 181 Å². The molecule has 0 aliphatic carbocycles. The molecule has 1 amide bonds. The predicted molar refractivity (Wildman–Crippen MR) is 117 cm³/mol. The number of aliphatic carboxylic acids is 1. The zero-order valence-corrected chi connectivity index (χ0v) is 19.4. The highest BCUT2D eigenvalue weighted by atomic mass is 31.2. The molecule has 0 bridgehead atoms. The minimum absolute atomic E-state index is 0.0188. The molecule has 0 spiro atoms. The summed E-state index contributed by atoms with van der Waals surface area (Å²) in [6.07, 6.45) is 9.91. The van der Waals surface area contributed by atoms with E-state index in [4.69, 9.17) is 10.3 Å². The van der Waals surface area contributed by atoms with E-state index in [2.05, 4.69) is 6.92 Å². The van der Waals surface area contributed by atoms with Gasteiger partial charge in [0.2, 0.25) is 0 Å². The fourth-order valence-electron chi connectivity index (χ4n) is 3.86. The van der Waals surface area contributed by atoms with Gasteiger partial charge in [-0.2, -0.15) is 0 Å². The monoisotopic (exact) mass is 448 g/mol. The average Bonchev–Trinajstić information content (AvgIpc) is 3.19. The number of likely N-dealkylation sites (tertiary alicyclic amines) is 1. The molecule has 1 aliphatic rings. The summed E-state index contributed by atoms with van der Waals surface area (Å²) in [6, 6.07) is -0.885. The van der Waals surface area contributed by atoms with Gasteiger partial charge in [-0.15, -0.1) is 0 Å². The number of hydrogen-bond acceptors (Lipinski definition) is 5. The van der Waals surface area contributed by atoms with Gasteiger partial charge < -0.3 is 20.6 Å². The first kappa shape index (κ1) is 27.1. The van der Waals surface area contributed by atoms with E-state index in [-0.39, 0.29) is 12.6 Å². The lowest BCUT2D eigenvalue weighted by molar-refractivity contribution is -0.151. The van der Waals surface area contributed by atoms with E-state index in [1.807, 2.05) is 0 Å². The first-order valence-corrected chi connectivity index (χ1v) is 13.3. The standard InChI is InChI=1S/C21H41N2O6P/c1-2-3-4-5-6-7-8-11-17-30(27,28)29-19(14-9-10-15-22)20(24)23-16-12-13-18(23)21(25)26/h18-19H,2-17,22H2,1H3,(H,25,26)(H,27,28)/t18-,19-/m0/s1. The molecule has 0 aromatic carbocycles. The van der Waals surface area contributed by atoms with Gasteiger partial charge in [-0.1, -0.05) is 51.9 Å². The van der Waals surface area contributed by atoms with Crippen molar-refractivity contribution in [1.29, 1.82) is 0 Å². The highest BCUT2D eigenvalue weighted by molar-refractivity contribution is 7.52. The van der Waals surface area contributed by atoms with Gasteiger partial charge in [-0.3, -0.25) is 13.9 Å². The lowest BCUT2D eigenvalue weighted by Crippen LogP contribution is -2.46. The molecule has 1 heterocycles. The second-order valence-electron chi connectivity index (χ2n) is 8.24. The molecule has 4 N–H and O–H groups in total. The second-order valence-corrected chi connectivity index (χ2v) is 10.2. The maximum absolute atomic E-state index is 12.9. The van der Waals surface area contributed by atoms with Crippen molar-refractivity contribution < 1.29 is 28.7 Å². The Morgan fingerprint density at radius 2 is 1.73 bits per heavy atom. The van der Waals surface area contributed by atoms with Crippen LogP contribution >= 0.6 is 7.60 Å². The zero-order chi connectivity index (χ0) is 22.4. The molecular weight excluding hydrogens is 407 g/mol. The molecule has 30 heavy (non-hydrogen) atoms. The van der Waals surface area contributed by atoms with Crippen molar-refractivity contribution in [2.24, 2.45) is 5.73 Å². The summed E-state index contributed by atoms with van der Waals surface area (Å²) in [5, 5.41) is 9.34. The molecule has 0 aromatic heterocycles. The number of rotatable bonds is 17. The normalized spacial score (nSPS) is 19.6. The lowest BCUT2D eigenvalue weighted by atomic mass is 10.1. The van der Waals surface area contributed by atoms with Crippen LogP contribution in [0, 0.1) is 0 Å². The quantitative estimate of drug-likeness (QED) is 0.227. The van der Waals surface area contributed by atoms with Crippen molar-refractivity contribution in [3.63, 3.8) is 0 Å². The van der Waals surface area contributed by atoms with E-state index in [0.717, 1.165) is 19.3 Å². The molecule has 8 nitrogen and oxygen atoms in total. The number of nitrogens with two attached hydrogens (primary N) is 1. The maximum Gasteiger partial charge on any atom is 0.328 e. The fraction of sp³-hybridized carbons (Fsp3) is 0.905. The fourth-order valence-corrected chi connectivity index (χ4v) is 5.19. The molecule has 1 saturated heterocycles. The number of carbonyl (C=O) groups is 2. The van der Waals surface area contributed by atoms with Crippen molar-refractivity contribution in [2.45, 2.75) is 103 Å². The van der Waals surface area contributed by atoms with Gasteiger partial charge in [0.15, 0.2) is 0 Å². The number of carboxylic acids is 1. The molecule has 3 atom stereocenters. The molecular formula is C21H41N2O6P. The summed E-state index contributed by atoms with van der Waals surface area (Å²) >= 11 is 0. The number of unbranched alkanes of at least 4 members (excludes halogenated alkanes) is 8. The van der Waals surface area contributed by atoms with Crippen LogP contribution in [0.15, 0.2) is 0 Å². The van der Waals surface area contributed by atoms with Gasteiger partial charge in [0, 0.05) is 6.54 Å². The van der Waals surface area contributed by atoms with Crippen LogP contribution in [-0.4, -0.2) is 58.2 Å². The smallest absolute Gasteiger partial charge is 0.328 e. The number of carbonyl (C=O) groups excluding carboxylic acids is 1. The van der Waals surface area contributed by atoms with E-state index in [0.29, 0.717) is 45.2 Å². The Morgan fingerprint density at radius 3 is 2.33 bits per heavy atom. The Hall–Kier alpha value is -0.950. The van der Waals surface area contributed by atoms with Crippen LogP contribution in [0.3, 0.4) is 0 Å². The third-order valence-electron chi connectivity index (χ3n) is 5.60. The van der Waals surface area contributed by atoms with Crippen molar-refractivity contribution in [3.05, 3.63) is 0 Å². The van der Waals surface area contributed by atoms with Crippen LogP contribution in [0.25, 0.3) is 0 Å². The summed E-state index contributed by atoms with van der Waals surface area (Å²) < 4.78 is 18.0. The van der Waals surface area contributed by atoms with Crippen molar-refractivity contribution in [2.75, 3.05) is 19.3 Å². The van der Waals surface area contributed by atoms with Gasteiger partial charge in [0.1, 0.15) is 12.1 Å². The largest absolute Gasteiger partial charge is 0.480 e. The van der Waals surface area contributed by atoms with Gasteiger partial charge in [-0.05, 0) is 45.1 Å². The molecule has 0 saturated carbocycles. The summed E-state index contributed by atoms with van der Waals surface area (Å²) in [4.78, 5) is 35.9. The maximum atomic E-state index is 12.9. The lowest BCUT2D eigenvalue weighted by Gasteiger charge is -2.28. The summed E-state index contributed by atoms with van der Waals surface area (Å²) in [5.74, 6) is -1.55. The molecule has 0 radical (unpaired) electrons. The van der Waals surface area contributed by atoms with Crippen molar-refractivity contribution >= 4 is 19.5 Å². The van der Waals surface area contributed by atoms with Crippen LogP contribution in [0.5, 0.6) is 0 Å². The molecule has 1 rings (SSSR count). The van der Waals surface area contributed by atoms with Crippen LogP contribution < -0.4 is 5.73 Å². The van der Waals surface area contributed by atoms with E-state index < -0.39 is 31.6 Å². The Kier molecular flexibility index (Phi) is 13.5. The Bertz CT molecular complexity index is 560. The first-order valence-electron chi connectivity index (χ1n) is 11.6. The molecule has 9 heteroatoms. The van der Waals surface area contributed by atoms with Gasteiger partial charge in [0.25, 0.3) is 5.91 Å². The van der Waals surface area contributed by atoms with Crippen molar-refractivity contribution in [1.82, 2.24) is 4.90 Å². The number of hydrogen-bond donors (Lipinski definition) is 3. The molecule has 0 aromatic rings. The molecule has 1 unspecified atom stereocenters. The van der Waals surface area contributed by atoms with Crippen LogP contribution in [0.4, 0.5) is 0 Å². The van der Waals surface area contributed by atoms with E-state index in [1.165, 1.54) is 30.6 Å². The van der Waals surface area contributed by atoms with Crippen LogP contribution in [-0.2, 0) is 18.7 Å². The van der Waals surface area contributed by atoms with Crippen molar-refractivity contribution in [3.8, 4) is 0 Å². The molecule has 1 fully saturated rings. The SMILES string of the molecule is CCCCCCCCCCP(=O)(O)O[C@@H](CCCCN)C(=O)N1CCC[C@H]1C(=O)O. The molecule has 176 valence electrons. The van der Waals surface area contributed by atoms with Crippen LogP contribution in [0.2, 0.25) is 0 Å². The second kappa shape index (κ2) is 15.0. The number of carboxylic acid groups (broad SMARTS) is 1. The van der Waals surface area contributed by atoms with E-state index >= 15 is 0 Å². The Morgan fingerprint density at radius 1 is 1.10 bits per heavy atom. The third-order valence-corrected chi connectivity index (χ3v) is 7.07. The first-order chi connectivity index (χ1) is 14.3. The summed E-state index contributed by atoms with van der Waals surface area (Å²) in [6.45, 7) is 2.97. The van der Waals surface area contributed by atoms with Gasteiger partial charge in [-0.25, -0.2) is 4.79 Å².